The molecule has 3 aromatic rings. The Bertz CT molecular complexity index is 959. The molecule has 1 aromatic carbocycles. The van der Waals surface area contributed by atoms with Gasteiger partial charge in [0.2, 0.25) is 0 Å². The van der Waals surface area contributed by atoms with Gasteiger partial charge in [-0.25, -0.2) is 15.0 Å². The Morgan fingerprint density at radius 3 is 2.44 bits per heavy atom. The topological polar surface area (TPSA) is 98.4 Å². The highest BCUT2D eigenvalue weighted by molar-refractivity contribution is 7.80. The van der Waals surface area contributed by atoms with Crippen molar-refractivity contribution in [1.82, 2.24) is 15.0 Å². The number of nitrogens with two attached hydrogens (primary N) is 1. The second-order valence-electron chi connectivity index (χ2n) is 5.58. The second kappa shape index (κ2) is 8.00. The number of hydrogen-bond acceptors (Lipinski definition) is 7. The van der Waals surface area contributed by atoms with Crippen LogP contribution in [0.3, 0.4) is 0 Å². The monoisotopic (exact) mass is 384 g/mol. The molecular formula is C18H20N6O2S. The predicted octanol–water partition coefficient (Wildman–Crippen LogP) is 2.86. The van der Waals surface area contributed by atoms with Gasteiger partial charge in [-0.3, -0.25) is 0 Å². The number of pyridine rings is 1. The molecule has 8 nitrogen and oxygen atoms in total. The number of methoxy groups -OCH3 is 2. The number of hydrogen-bond donors (Lipinski definition) is 2. The molecule has 3 rings (SSSR count). The van der Waals surface area contributed by atoms with E-state index in [1.165, 1.54) is 0 Å². The van der Waals surface area contributed by atoms with Gasteiger partial charge in [-0.05, 0) is 31.3 Å². The third-order valence-electron chi connectivity index (χ3n) is 3.87. The Hall–Kier alpha value is -3.20. The van der Waals surface area contributed by atoms with E-state index >= 15 is 0 Å². The van der Waals surface area contributed by atoms with Gasteiger partial charge in [0.05, 0.1) is 20.4 Å². The largest absolute Gasteiger partial charge is 0.497 e. The van der Waals surface area contributed by atoms with Crippen LogP contribution in [-0.2, 0) is 0 Å². The zero-order valence-corrected chi connectivity index (χ0v) is 16.1. The van der Waals surface area contributed by atoms with Crippen molar-refractivity contribution in [2.24, 2.45) is 5.73 Å². The second-order valence-corrected chi connectivity index (χ2v) is 5.99. The molecule has 0 amide bonds. The standard InChI is InChI=1S/C18H20N6O2S/c1-4-24(18(19)27)16-6-5-14-17(23-16)22-15(10-20-14)21-11-7-12(25-2)9-13(8-11)26-3/h5-10H,4H2,1-3H3,(H2,19,27)(H,21,22,23). The van der Waals surface area contributed by atoms with Gasteiger partial charge in [-0.1, -0.05) is 0 Å². The summed E-state index contributed by atoms with van der Waals surface area (Å²) in [6, 6.07) is 9.12. The molecule has 0 fully saturated rings. The molecule has 3 N–H and O–H groups in total. The molecule has 2 aromatic heterocycles. The van der Waals surface area contributed by atoms with Gasteiger partial charge < -0.3 is 25.4 Å². The van der Waals surface area contributed by atoms with E-state index in [2.05, 4.69) is 20.3 Å². The highest BCUT2D eigenvalue weighted by atomic mass is 32.1. The number of aromatic nitrogens is 3. The Kier molecular flexibility index (Phi) is 5.51. The van der Waals surface area contributed by atoms with Gasteiger partial charge >= 0.3 is 0 Å². The third kappa shape index (κ3) is 4.14. The summed E-state index contributed by atoms with van der Waals surface area (Å²) in [7, 11) is 3.20. The minimum absolute atomic E-state index is 0.259. The van der Waals surface area contributed by atoms with Gasteiger partial charge in [-0.15, -0.1) is 0 Å². The molecule has 0 saturated heterocycles. The van der Waals surface area contributed by atoms with Gasteiger partial charge in [0.25, 0.3) is 0 Å². The van der Waals surface area contributed by atoms with E-state index in [0.29, 0.717) is 40.8 Å². The van der Waals surface area contributed by atoms with Crippen molar-refractivity contribution < 1.29 is 9.47 Å². The molecule has 0 unspecified atom stereocenters. The molecule has 27 heavy (non-hydrogen) atoms. The van der Waals surface area contributed by atoms with Crippen LogP contribution in [-0.4, -0.2) is 40.8 Å². The summed E-state index contributed by atoms with van der Waals surface area (Å²) >= 11 is 5.07. The number of rotatable bonds is 6. The molecule has 0 radical (unpaired) electrons. The van der Waals surface area contributed by atoms with Gasteiger partial charge in [-0.2, -0.15) is 0 Å². The minimum atomic E-state index is 0.259. The number of benzene rings is 1. The van der Waals surface area contributed by atoms with Crippen LogP contribution in [0.2, 0.25) is 0 Å². The molecular weight excluding hydrogens is 364 g/mol. The Balaban J connectivity index is 1.95. The summed E-state index contributed by atoms with van der Waals surface area (Å²) in [6.07, 6.45) is 1.64. The smallest absolute Gasteiger partial charge is 0.182 e. The lowest BCUT2D eigenvalue weighted by Gasteiger charge is -2.19. The van der Waals surface area contributed by atoms with Crippen molar-refractivity contribution in [3.8, 4) is 11.5 Å². The number of fused-ring (bicyclic) bond motifs is 1. The first-order valence-electron chi connectivity index (χ1n) is 8.25. The zero-order chi connectivity index (χ0) is 19.4. The lowest BCUT2D eigenvalue weighted by atomic mass is 10.2. The van der Waals surface area contributed by atoms with E-state index in [1.807, 2.05) is 31.2 Å². The molecule has 0 bridgehead atoms. The first-order valence-corrected chi connectivity index (χ1v) is 8.65. The molecule has 0 saturated carbocycles. The summed E-state index contributed by atoms with van der Waals surface area (Å²) in [6.45, 7) is 2.56. The molecule has 0 aliphatic rings. The lowest BCUT2D eigenvalue weighted by Crippen LogP contribution is -2.35. The number of anilines is 3. The number of nitrogens with one attached hydrogen (secondary N) is 1. The normalized spacial score (nSPS) is 10.5. The minimum Gasteiger partial charge on any atom is -0.497 e. The van der Waals surface area contributed by atoms with Crippen LogP contribution >= 0.6 is 12.2 Å². The third-order valence-corrected chi connectivity index (χ3v) is 4.10. The summed E-state index contributed by atoms with van der Waals surface area (Å²) in [5.41, 5.74) is 7.67. The molecule has 0 atom stereocenters. The van der Waals surface area contributed by atoms with E-state index in [9.17, 15) is 0 Å². The van der Waals surface area contributed by atoms with Crippen LogP contribution in [0.4, 0.5) is 17.3 Å². The van der Waals surface area contributed by atoms with E-state index in [1.54, 1.807) is 31.4 Å². The summed E-state index contributed by atoms with van der Waals surface area (Å²) in [5, 5.41) is 3.45. The van der Waals surface area contributed by atoms with Crippen molar-refractivity contribution in [3.63, 3.8) is 0 Å². The lowest BCUT2D eigenvalue weighted by molar-refractivity contribution is 0.395. The van der Waals surface area contributed by atoms with Crippen molar-refractivity contribution in [2.45, 2.75) is 6.92 Å². The first-order chi connectivity index (χ1) is 13.0. The summed E-state index contributed by atoms with van der Waals surface area (Å²) < 4.78 is 10.6. The average molecular weight is 384 g/mol. The van der Waals surface area contributed by atoms with Crippen molar-refractivity contribution in [3.05, 3.63) is 36.5 Å². The highest BCUT2D eigenvalue weighted by Crippen LogP contribution is 2.28. The van der Waals surface area contributed by atoms with Crippen LogP contribution in [0.15, 0.2) is 36.5 Å². The highest BCUT2D eigenvalue weighted by Gasteiger charge is 2.11. The van der Waals surface area contributed by atoms with Crippen LogP contribution in [0.25, 0.3) is 11.2 Å². The fraction of sp³-hybridized carbons (Fsp3) is 0.222. The molecule has 0 aliphatic carbocycles. The van der Waals surface area contributed by atoms with Crippen LogP contribution < -0.4 is 25.4 Å². The summed E-state index contributed by atoms with van der Waals surface area (Å²) in [4.78, 5) is 15.2. The maximum Gasteiger partial charge on any atom is 0.182 e. The van der Waals surface area contributed by atoms with Crippen molar-refractivity contribution in [1.29, 1.82) is 0 Å². The van der Waals surface area contributed by atoms with Gasteiger partial charge in [0, 0.05) is 30.4 Å². The fourth-order valence-electron chi connectivity index (χ4n) is 2.56. The van der Waals surface area contributed by atoms with Crippen LogP contribution in [0.5, 0.6) is 11.5 Å². The summed E-state index contributed by atoms with van der Waals surface area (Å²) in [5.74, 6) is 2.51. The average Bonchev–Trinajstić information content (AvgIpc) is 2.67. The van der Waals surface area contributed by atoms with Gasteiger partial charge in [0.15, 0.2) is 16.6 Å². The molecule has 9 heteroatoms. The molecule has 2 heterocycles. The van der Waals surface area contributed by atoms with E-state index < -0.39 is 0 Å². The Morgan fingerprint density at radius 2 is 1.85 bits per heavy atom. The number of thiocarbonyl (C=S) groups is 1. The van der Waals surface area contributed by atoms with Crippen molar-refractivity contribution >= 4 is 45.8 Å². The maximum atomic E-state index is 5.76. The molecule has 0 spiro atoms. The van der Waals surface area contributed by atoms with Gasteiger partial charge in [0.1, 0.15) is 22.8 Å². The quantitative estimate of drug-likeness (QED) is 0.622. The number of nitrogens with zero attached hydrogens (tertiary/aromatic N) is 4. The van der Waals surface area contributed by atoms with E-state index in [4.69, 9.17) is 27.4 Å². The zero-order valence-electron chi connectivity index (χ0n) is 15.3. The number of ether oxygens (including phenoxy) is 2. The first kappa shape index (κ1) is 18.6. The van der Waals surface area contributed by atoms with Crippen LogP contribution in [0.1, 0.15) is 6.92 Å². The molecule has 0 aliphatic heterocycles. The molecule has 140 valence electrons. The van der Waals surface area contributed by atoms with Crippen molar-refractivity contribution in [2.75, 3.05) is 31.0 Å². The maximum absolute atomic E-state index is 5.76. The Labute approximate surface area is 162 Å². The van der Waals surface area contributed by atoms with E-state index in [0.717, 1.165) is 5.69 Å². The Morgan fingerprint density at radius 1 is 1.15 bits per heavy atom. The predicted molar refractivity (Wildman–Crippen MR) is 110 cm³/mol. The SMILES string of the molecule is CCN(C(N)=S)c1ccc2ncc(Nc3cc(OC)cc(OC)c3)nc2n1. The fourth-order valence-corrected chi connectivity index (χ4v) is 2.78. The van der Waals surface area contributed by atoms with Crippen LogP contribution in [0, 0.1) is 0 Å². The van der Waals surface area contributed by atoms with E-state index in [-0.39, 0.29) is 5.11 Å².